The van der Waals surface area contributed by atoms with Crippen LogP contribution in [0.15, 0.2) is 42.7 Å². The highest BCUT2D eigenvalue weighted by Gasteiger charge is 2.39. The summed E-state index contributed by atoms with van der Waals surface area (Å²) in [6.07, 6.45) is 5.70. The lowest BCUT2D eigenvalue weighted by atomic mass is 10.0. The van der Waals surface area contributed by atoms with Gasteiger partial charge in [-0.1, -0.05) is 6.07 Å². The molecule has 1 aliphatic carbocycles. The Kier molecular flexibility index (Phi) is 5.15. The van der Waals surface area contributed by atoms with Gasteiger partial charge in [0.15, 0.2) is 0 Å². The third kappa shape index (κ3) is 3.79. The van der Waals surface area contributed by atoms with Gasteiger partial charge in [-0.25, -0.2) is 9.97 Å². The fourth-order valence-electron chi connectivity index (χ4n) is 4.80. The van der Waals surface area contributed by atoms with Crippen LogP contribution in [0.4, 0.5) is 5.95 Å². The van der Waals surface area contributed by atoms with E-state index in [1.54, 1.807) is 25.6 Å². The Bertz CT molecular complexity index is 1060. The molecule has 1 saturated heterocycles. The zero-order valence-electron chi connectivity index (χ0n) is 17.7. The normalized spacial score (nSPS) is 22.3. The standard InChI is InChI=1S/C23H26N6O2/c1-29(18-7-16-11-24-12-17(16)8-18)23-26-13-20(27-28-23)19-4-3-14(9-21(19)30)15-5-6-25-22(10-15)31-2/h3-6,9-10,13,16-18,24,30H,7-8,11-12H2,1-2H3/t16-,17+,18+. The second kappa shape index (κ2) is 8.11. The maximum Gasteiger partial charge on any atom is 0.245 e. The van der Waals surface area contributed by atoms with Crippen LogP contribution < -0.4 is 15.0 Å². The van der Waals surface area contributed by atoms with Crippen LogP contribution in [0.3, 0.4) is 0 Å². The number of nitrogens with zero attached hydrogens (tertiary/aromatic N) is 5. The number of nitrogens with one attached hydrogen (secondary N) is 1. The molecule has 8 nitrogen and oxygen atoms in total. The van der Waals surface area contributed by atoms with E-state index in [-0.39, 0.29) is 5.75 Å². The molecule has 0 bridgehead atoms. The number of aromatic nitrogens is 4. The number of hydrogen-bond donors (Lipinski definition) is 2. The van der Waals surface area contributed by atoms with Gasteiger partial charge in [0.05, 0.1) is 13.3 Å². The van der Waals surface area contributed by atoms with Gasteiger partial charge in [0.25, 0.3) is 0 Å². The van der Waals surface area contributed by atoms with Crippen LogP contribution in [-0.4, -0.2) is 58.6 Å². The fraction of sp³-hybridized carbons (Fsp3) is 0.391. The molecule has 0 radical (unpaired) electrons. The highest BCUT2D eigenvalue weighted by molar-refractivity contribution is 5.74. The number of benzene rings is 1. The third-order valence-corrected chi connectivity index (χ3v) is 6.59. The zero-order chi connectivity index (χ0) is 21.4. The van der Waals surface area contributed by atoms with Gasteiger partial charge in [-0.05, 0) is 67.1 Å². The summed E-state index contributed by atoms with van der Waals surface area (Å²) in [6.45, 7) is 2.24. The molecule has 8 heteroatoms. The first-order valence-electron chi connectivity index (χ1n) is 10.6. The monoisotopic (exact) mass is 418 g/mol. The molecule has 1 aromatic carbocycles. The predicted molar refractivity (Wildman–Crippen MR) is 118 cm³/mol. The lowest BCUT2D eigenvalue weighted by Gasteiger charge is -2.24. The van der Waals surface area contributed by atoms with Crippen LogP contribution >= 0.6 is 0 Å². The Morgan fingerprint density at radius 3 is 2.48 bits per heavy atom. The molecule has 3 aromatic rings. The van der Waals surface area contributed by atoms with Crippen LogP contribution in [0, 0.1) is 11.8 Å². The molecule has 31 heavy (non-hydrogen) atoms. The summed E-state index contributed by atoms with van der Waals surface area (Å²) in [5.74, 6) is 2.80. The lowest BCUT2D eigenvalue weighted by molar-refractivity contribution is 0.398. The second-order valence-electron chi connectivity index (χ2n) is 8.38. The van der Waals surface area contributed by atoms with E-state index in [0.717, 1.165) is 36.1 Å². The smallest absolute Gasteiger partial charge is 0.245 e. The van der Waals surface area contributed by atoms with Gasteiger partial charge in [0, 0.05) is 30.9 Å². The van der Waals surface area contributed by atoms with Crippen molar-refractivity contribution < 1.29 is 9.84 Å². The Balaban J connectivity index is 1.33. The van der Waals surface area contributed by atoms with E-state index in [9.17, 15) is 5.11 Å². The van der Waals surface area contributed by atoms with Crippen LogP contribution in [0.25, 0.3) is 22.4 Å². The molecule has 2 N–H and O–H groups in total. The molecule has 0 amide bonds. The molecule has 160 valence electrons. The van der Waals surface area contributed by atoms with Crippen LogP contribution in [0.5, 0.6) is 11.6 Å². The number of aromatic hydroxyl groups is 1. The van der Waals surface area contributed by atoms with Gasteiger partial charge in [-0.3, -0.25) is 0 Å². The van der Waals surface area contributed by atoms with E-state index < -0.39 is 0 Å². The largest absolute Gasteiger partial charge is 0.507 e. The minimum Gasteiger partial charge on any atom is -0.507 e. The Hall–Kier alpha value is -3.26. The minimum atomic E-state index is 0.126. The Morgan fingerprint density at radius 1 is 1.03 bits per heavy atom. The average Bonchev–Trinajstić information content (AvgIpc) is 3.41. The van der Waals surface area contributed by atoms with E-state index >= 15 is 0 Å². The summed E-state index contributed by atoms with van der Waals surface area (Å²) < 4.78 is 5.18. The van der Waals surface area contributed by atoms with Crippen molar-refractivity contribution in [2.24, 2.45) is 11.8 Å². The highest BCUT2D eigenvalue weighted by Crippen LogP contribution is 2.38. The van der Waals surface area contributed by atoms with Gasteiger partial charge in [0.2, 0.25) is 11.8 Å². The molecule has 2 fully saturated rings. The summed E-state index contributed by atoms with van der Waals surface area (Å²) in [5, 5.41) is 22.8. The first-order valence-corrected chi connectivity index (χ1v) is 10.6. The van der Waals surface area contributed by atoms with Crippen LogP contribution in [0.2, 0.25) is 0 Å². The van der Waals surface area contributed by atoms with E-state index in [0.29, 0.717) is 29.1 Å². The van der Waals surface area contributed by atoms with Crippen molar-refractivity contribution in [3.63, 3.8) is 0 Å². The second-order valence-corrected chi connectivity index (χ2v) is 8.38. The Labute approximate surface area is 181 Å². The first kappa shape index (κ1) is 19.7. The van der Waals surface area contributed by atoms with Crippen LogP contribution in [0.1, 0.15) is 12.8 Å². The molecule has 0 spiro atoms. The van der Waals surface area contributed by atoms with E-state index in [2.05, 4.69) is 30.4 Å². The van der Waals surface area contributed by atoms with Crippen molar-refractivity contribution in [2.45, 2.75) is 18.9 Å². The number of ether oxygens (including phenoxy) is 1. The van der Waals surface area contributed by atoms with Crippen molar-refractivity contribution in [1.29, 1.82) is 0 Å². The van der Waals surface area contributed by atoms with Gasteiger partial charge in [-0.15, -0.1) is 10.2 Å². The van der Waals surface area contributed by atoms with E-state index in [1.165, 1.54) is 12.8 Å². The molecular formula is C23H26N6O2. The van der Waals surface area contributed by atoms with E-state index in [1.807, 2.05) is 31.3 Å². The third-order valence-electron chi connectivity index (χ3n) is 6.59. The number of rotatable bonds is 5. The quantitative estimate of drug-likeness (QED) is 0.653. The van der Waals surface area contributed by atoms with Crippen molar-refractivity contribution in [3.05, 3.63) is 42.7 Å². The number of methoxy groups -OCH3 is 1. The SMILES string of the molecule is COc1cc(-c2ccc(-c3cnc(N(C)[C@@H]4C[C@H]5CNC[C@H]5C4)nn3)c(O)c2)ccn1. The lowest BCUT2D eigenvalue weighted by Crippen LogP contribution is -2.32. The van der Waals surface area contributed by atoms with Gasteiger partial charge >= 0.3 is 0 Å². The first-order chi connectivity index (χ1) is 15.1. The maximum absolute atomic E-state index is 10.6. The van der Waals surface area contributed by atoms with Crippen molar-refractivity contribution in [2.75, 3.05) is 32.1 Å². The molecule has 2 aromatic heterocycles. The zero-order valence-corrected chi connectivity index (χ0v) is 17.7. The summed E-state index contributed by atoms with van der Waals surface area (Å²) in [7, 11) is 3.63. The topological polar surface area (TPSA) is 96.3 Å². The minimum absolute atomic E-state index is 0.126. The van der Waals surface area contributed by atoms with Gasteiger partial charge in [0.1, 0.15) is 11.4 Å². The molecule has 3 heterocycles. The number of hydrogen-bond acceptors (Lipinski definition) is 8. The summed E-state index contributed by atoms with van der Waals surface area (Å²) >= 11 is 0. The molecule has 0 unspecified atom stereocenters. The summed E-state index contributed by atoms with van der Waals surface area (Å²) in [5.41, 5.74) is 2.91. The highest BCUT2D eigenvalue weighted by atomic mass is 16.5. The number of fused-ring (bicyclic) bond motifs is 1. The van der Waals surface area contributed by atoms with Gasteiger partial charge < -0.3 is 20.1 Å². The molecule has 3 atom stereocenters. The Morgan fingerprint density at radius 2 is 1.81 bits per heavy atom. The van der Waals surface area contributed by atoms with E-state index in [4.69, 9.17) is 4.74 Å². The number of phenols is 1. The molecule has 1 saturated carbocycles. The number of phenolic OH excluding ortho intramolecular Hbond substituents is 1. The molecule has 1 aliphatic heterocycles. The molecule has 5 rings (SSSR count). The van der Waals surface area contributed by atoms with Crippen molar-refractivity contribution in [1.82, 2.24) is 25.5 Å². The summed E-state index contributed by atoms with van der Waals surface area (Å²) in [6, 6.07) is 9.62. The fourth-order valence-corrected chi connectivity index (χ4v) is 4.80. The molecular weight excluding hydrogens is 392 g/mol. The predicted octanol–water partition coefficient (Wildman–Crippen LogP) is 2.75. The molecule has 2 aliphatic rings. The van der Waals surface area contributed by atoms with Gasteiger partial charge in [-0.2, -0.15) is 0 Å². The maximum atomic E-state index is 10.6. The van der Waals surface area contributed by atoms with Crippen molar-refractivity contribution >= 4 is 5.95 Å². The van der Waals surface area contributed by atoms with Crippen LogP contribution in [-0.2, 0) is 0 Å². The van der Waals surface area contributed by atoms with Crippen molar-refractivity contribution in [3.8, 4) is 34.0 Å². The summed E-state index contributed by atoms with van der Waals surface area (Å²) in [4.78, 5) is 10.8. The number of anilines is 1. The number of pyridine rings is 1. The average molecular weight is 419 g/mol.